The number of hydrogen-bond acceptors (Lipinski definition) is 3. The average molecular weight is 328 g/mol. The molecule has 80 valence electrons. The molecule has 1 heterocycles. The Bertz CT molecular complexity index is 633. The first kappa shape index (κ1) is 11.3. The standard InChI is InChI=1S/C8H4BrClO3S2/c9-7-5-3-4(10)1-2-6(5)14-8(7)15(11,12)13/h1-3H,(H,11,12,13). The van der Waals surface area contributed by atoms with Crippen LogP contribution in [-0.2, 0) is 10.1 Å². The van der Waals surface area contributed by atoms with Crippen molar-refractivity contribution in [2.24, 2.45) is 0 Å². The molecule has 1 aromatic carbocycles. The summed E-state index contributed by atoms with van der Waals surface area (Å²) < 4.78 is 32.0. The molecule has 7 heteroatoms. The molecule has 0 spiro atoms. The van der Waals surface area contributed by atoms with Gasteiger partial charge in [0.1, 0.15) is 0 Å². The molecule has 0 fully saturated rings. The van der Waals surface area contributed by atoms with E-state index in [1.807, 2.05) is 0 Å². The van der Waals surface area contributed by atoms with Crippen molar-refractivity contribution in [2.75, 3.05) is 0 Å². The Morgan fingerprint density at radius 3 is 2.67 bits per heavy atom. The molecular formula is C8H4BrClO3S2. The first-order valence-electron chi connectivity index (χ1n) is 3.74. The Morgan fingerprint density at radius 1 is 1.40 bits per heavy atom. The molecule has 0 saturated heterocycles. The van der Waals surface area contributed by atoms with Crippen LogP contribution in [0.15, 0.2) is 26.9 Å². The van der Waals surface area contributed by atoms with Crippen LogP contribution in [0.2, 0.25) is 5.02 Å². The van der Waals surface area contributed by atoms with Crippen molar-refractivity contribution in [1.82, 2.24) is 0 Å². The van der Waals surface area contributed by atoms with E-state index in [2.05, 4.69) is 15.9 Å². The molecule has 0 aliphatic heterocycles. The fourth-order valence-corrected chi connectivity index (χ4v) is 4.50. The molecule has 0 amide bonds. The minimum atomic E-state index is -4.18. The topological polar surface area (TPSA) is 54.4 Å². The number of hydrogen-bond donors (Lipinski definition) is 1. The molecule has 1 N–H and O–H groups in total. The van der Waals surface area contributed by atoms with E-state index < -0.39 is 10.1 Å². The third-order valence-corrected chi connectivity index (χ3v) is 5.90. The Labute approximate surface area is 104 Å². The third-order valence-electron chi connectivity index (χ3n) is 1.79. The largest absolute Gasteiger partial charge is 0.305 e. The zero-order valence-corrected chi connectivity index (χ0v) is 11.0. The molecule has 0 bridgehead atoms. The minimum absolute atomic E-state index is 0.0974. The lowest BCUT2D eigenvalue weighted by atomic mass is 10.3. The summed E-state index contributed by atoms with van der Waals surface area (Å²) in [6.07, 6.45) is 0. The zero-order valence-electron chi connectivity index (χ0n) is 7.07. The van der Waals surface area contributed by atoms with Gasteiger partial charge in [0.05, 0.1) is 4.47 Å². The van der Waals surface area contributed by atoms with Gasteiger partial charge in [-0.3, -0.25) is 4.55 Å². The van der Waals surface area contributed by atoms with Crippen molar-refractivity contribution in [3.8, 4) is 0 Å². The summed E-state index contributed by atoms with van der Waals surface area (Å²) in [6.45, 7) is 0. The number of fused-ring (bicyclic) bond motifs is 1. The Morgan fingerprint density at radius 2 is 2.07 bits per heavy atom. The van der Waals surface area contributed by atoms with E-state index in [4.69, 9.17) is 16.2 Å². The minimum Gasteiger partial charge on any atom is -0.281 e. The van der Waals surface area contributed by atoms with Gasteiger partial charge in [0.25, 0.3) is 0 Å². The van der Waals surface area contributed by atoms with E-state index in [9.17, 15) is 8.42 Å². The van der Waals surface area contributed by atoms with Gasteiger partial charge in [0, 0.05) is 15.1 Å². The van der Waals surface area contributed by atoms with Crippen molar-refractivity contribution in [1.29, 1.82) is 0 Å². The van der Waals surface area contributed by atoms with E-state index in [-0.39, 0.29) is 4.21 Å². The lowest BCUT2D eigenvalue weighted by Crippen LogP contribution is -1.94. The summed E-state index contributed by atoms with van der Waals surface area (Å²) in [5, 5.41) is 1.20. The summed E-state index contributed by atoms with van der Waals surface area (Å²) in [5.41, 5.74) is 0. The second-order valence-electron chi connectivity index (χ2n) is 2.82. The van der Waals surface area contributed by atoms with Crippen molar-refractivity contribution in [2.45, 2.75) is 4.21 Å². The van der Waals surface area contributed by atoms with Gasteiger partial charge in [-0.1, -0.05) is 11.6 Å². The normalized spacial score (nSPS) is 12.2. The smallest absolute Gasteiger partial charge is 0.281 e. The molecule has 2 rings (SSSR count). The molecule has 1 aromatic heterocycles. The summed E-state index contributed by atoms with van der Waals surface area (Å²) in [6, 6.07) is 5.02. The van der Waals surface area contributed by atoms with E-state index in [1.165, 1.54) is 0 Å². The van der Waals surface area contributed by atoms with Gasteiger partial charge in [-0.2, -0.15) is 8.42 Å². The summed E-state index contributed by atoms with van der Waals surface area (Å²) in [7, 11) is -4.18. The van der Waals surface area contributed by atoms with E-state index in [0.717, 1.165) is 16.0 Å². The van der Waals surface area contributed by atoms with Gasteiger partial charge in [0.2, 0.25) is 0 Å². The Balaban J connectivity index is 2.87. The summed E-state index contributed by atoms with van der Waals surface area (Å²) >= 11 is 9.92. The highest BCUT2D eigenvalue weighted by molar-refractivity contribution is 9.10. The Kier molecular flexibility index (Phi) is 2.81. The number of benzene rings is 1. The molecule has 0 saturated carbocycles. The van der Waals surface area contributed by atoms with Crippen LogP contribution in [0, 0.1) is 0 Å². The second-order valence-corrected chi connectivity index (χ2v) is 6.72. The van der Waals surface area contributed by atoms with E-state index in [1.54, 1.807) is 18.2 Å². The SMILES string of the molecule is O=S(=O)(O)c1sc2ccc(Cl)cc2c1Br. The maximum Gasteiger partial charge on any atom is 0.305 e. The molecule has 15 heavy (non-hydrogen) atoms. The monoisotopic (exact) mass is 326 g/mol. The van der Waals surface area contributed by atoms with Gasteiger partial charge in [-0.15, -0.1) is 11.3 Å². The second kappa shape index (κ2) is 3.71. The molecule has 2 aromatic rings. The van der Waals surface area contributed by atoms with Gasteiger partial charge in [-0.05, 0) is 34.1 Å². The predicted octanol–water partition coefficient (Wildman–Crippen LogP) is 3.56. The van der Waals surface area contributed by atoms with Crippen molar-refractivity contribution in [3.05, 3.63) is 27.7 Å². The van der Waals surface area contributed by atoms with Crippen LogP contribution < -0.4 is 0 Å². The van der Waals surface area contributed by atoms with Crippen LogP contribution in [0.5, 0.6) is 0 Å². The average Bonchev–Trinajstić information content (AvgIpc) is 2.43. The van der Waals surface area contributed by atoms with Crippen molar-refractivity contribution >= 4 is 59.1 Å². The van der Waals surface area contributed by atoms with Gasteiger partial charge in [-0.25, -0.2) is 0 Å². The van der Waals surface area contributed by atoms with Crippen LogP contribution >= 0.6 is 38.9 Å². The van der Waals surface area contributed by atoms with Gasteiger partial charge in [0.15, 0.2) is 4.21 Å². The lowest BCUT2D eigenvalue weighted by molar-refractivity contribution is 0.485. The maximum absolute atomic E-state index is 11.0. The molecule has 3 nitrogen and oxygen atoms in total. The van der Waals surface area contributed by atoms with Gasteiger partial charge < -0.3 is 0 Å². The fourth-order valence-electron chi connectivity index (χ4n) is 1.18. The van der Waals surface area contributed by atoms with Crippen LogP contribution in [0.3, 0.4) is 0 Å². The molecular weight excluding hydrogens is 324 g/mol. The lowest BCUT2D eigenvalue weighted by Gasteiger charge is -1.92. The van der Waals surface area contributed by atoms with Gasteiger partial charge >= 0.3 is 10.1 Å². The molecule has 0 aliphatic rings. The quantitative estimate of drug-likeness (QED) is 0.815. The van der Waals surface area contributed by atoms with Crippen molar-refractivity contribution in [3.63, 3.8) is 0 Å². The zero-order chi connectivity index (χ0) is 11.2. The first-order chi connectivity index (χ1) is 6.89. The highest BCUT2D eigenvalue weighted by atomic mass is 79.9. The summed E-state index contributed by atoms with van der Waals surface area (Å²) in [5.74, 6) is 0. The Hall–Kier alpha value is -0.140. The van der Waals surface area contributed by atoms with Crippen LogP contribution in [0.1, 0.15) is 0 Å². The van der Waals surface area contributed by atoms with E-state index in [0.29, 0.717) is 14.9 Å². The van der Waals surface area contributed by atoms with Crippen LogP contribution in [-0.4, -0.2) is 13.0 Å². The molecule has 0 radical (unpaired) electrons. The maximum atomic E-state index is 11.0. The van der Waals surface area contributed by atoms with Crippen LogP contribution in [0.4, 0.5) is 0 Å². The molecule has 0 aliphatic carbocycles. The third kappa shape index (κ3) is 2.05. The summed E-state index contributed by atoms with van der Waals surface area (Å²) in [4.78, 5) is 0. The van der Waals surface area contributed by atoms with Crippen LogP contribution in [0.25, 0.3) is 10.1 Å². The van der Waals surface area contributed by atoms with E-state index >= 15 is 0 Å². The van der Waals surface area contributed by atoms with Crippen molar-refractivity contribution < 1.29 is 13.0 Å². The molecule has 0 unspecified atom stereocenters. The number of thiophene rings is 1. The molecule has 0 atom stereocenters. The highest BCUT2D eigenvalue weighted by Crippen LogP contribution is 2.39. The number of rotatable bonds is 1. The highest BCUT2D eigenvalue weighted by Gasteiger charge is 2.20. The number of halogens is 2. The predicted molar refractivity (Wildman–Crippen MR) is 64.3 cm³/mol. The fraction of sp³-hybridized carbons (Fsp3) is 0. The first-order valence-corrected chi connectivity index (χ1v) is 7.17.